The Hall–Kier alpha value is -3.20. The first-order chi connectivity index (χ1) is 16.0. The van der Waals surface area contributed by atoms with Crippen LogP contribution in [0.5, 0.6) is 0 Å². The lowest BCUT2D eigenvalue weighted by molar-refractivity contribution is 0.365. The lowest BCUT2D eigenvalue weighted by atomic mass is 10.0. The third-order valence-electron chi connectivity index (χ3n) is 5.76. The molecule has 1 aromatic carbocycles. The van der Waals surface area contributed by atoms with Gasteiger partial charge in [0.05, 0.1) is 0 Å². The third kappa shape index (κ3) is 4.93. The zero-order valence-corrected chi connectivity index (χ0v) is 19.5. The fraction of sp³-hybridized carbons (Fsp3) is 0.435. The van der Waals surface area contributed by atoms with E-state index in [2.05, 4.69) is 27.0 Å². The third-order valence-corrected chi connectivity index (χ3v) is 5.94. The highest BCUT2D eigenvalue weighted by Crippen LogP contribution is 2.21. The summed E-state index contributed by atoms with van der Waals surface area (Å²) in [5.41, 5.74) is 0.846. The van der Waals surface area contributed by atoms with Crippen molar-refractivity contribution in [2.24, 2.45) is 0 Å². The smallest absolute Gasteiger partial charge is 0.332 e. The molecule has 0 bridgehead atoms. The molecule has 0 radical (unpaired) electrons. The van der Waals surface area contributed by atoms with Crippen LogP contribution in [-0.2, 0) is 19.5 Å². The highest BCUT2D eigenvalue weighted by Gasteiger charge is 2.18. The van der Waals surface area contributed by atoms with Crippen molar-refractivity contribution in [1.29, 1.82) is 0 Å². The van der Waals surface area contributed by atoms with Crippen LogP contribution in [0.2, 0.25) is 5.28 Å². The van der Waals surface area contributed by atoms with Gasteiger partial charge in [0.25, 0.3) is 5.56 Å². The van der Waals surface area contributed by atoms with E-state index in [1.165, 1.54) is 9.13 Å². The Bertz CT molecular complexity index is 1340. The fourth-order valence-electron chi connectivity index (χ4n) is 3.88. The number of hydrogen-bond acceptors (Lipinski definition) is 6. The van der Waals surface area contributed by atoms with Gasteiger partial charge >= 0.3 is 5.69 Å². The van der Waals surface area contributed by atoms with Crippen molar-refractivity contribution < 1.29 is 4.52 Å². The minimum atomic E-state index is -0.426. The Morgan fingerprint density at radius 1 is 1.06 bits per heavy atom. The molecule has 0 aliphatic rings. The first-order valence-corrected chi connectivity index (χ1v) is 11.6. The van der Waals surface area contributed by atoms with E-state index < -0.39 is 5.56 Å². The summed E-state index contributed by atoms with van der Waals surface area (Å²) < 4.78 is 8.16. The number of rotatable bonds is 10. The number of aromatic nitrogens is 6. The summed E-state index contributed by atoms with van der Waals surface area (Å²) in [4.78, 5) is 37.4. The van der Waals surface area contributed by atoms with E-state index in [0.29, 0.717) is 36.7 Å². The Labute approximate surface area is 195 Å². The van der Waals surface area contributed by atoms with Gasteiger partial charge in [0.15, 0.2) is 17.0 Å². The predicted octanol–water partition coefficient (Wildman–Crippen LogP) is 3.90. The summed E-state index contributed by atoms with van der Waals surface area (Å²) >= 11 is 5.99. The Morgan fingerprint density at radius 3 is 2.58 bits per heavy atom. The van der Waals surface area contributed by atoms with Crippen LogP contribution >= 0.6 is 11.6 Å². The molecule has 1 N–H and O–H groups in total. The van der Waals surface area contributed by atoms with E-state index >= 15 is 0 Å². The second kappa shape index (κ2) is 10.2. The van der Waals surface area contributed by atoms with Crippen molar-refractivity contribution in [3.05, 3.63) is 73.7 Å². The summed E-state index contributed by atoms with van der Waals surface area (Å²) in [5, 5.41) is 4.20. The van der Waals surface area contributed by atoms with Crippen LogP contribution in [0.4, 0.5) is 0 Å². The summed E-state index contributed by atoms with van der Waals surface area (Å²) in [5.74, 6) is 1.10. The number of imidazole rings is 1. The summed E-state index contributed by atoms with van der Waals surface area (Å²) in [6, 6.07) is 9.96. The molecule has 0 saturated carbocycles. The van der Waals surface area contributed by atoms with Crippen LogP contribution in [0.25, 0.3) is 11.2 Å². The number of unbranched alkanes of at least 4 members (excludes halogenated alkanes) is 2. The van der Waals surface area contributed by atoms with Crippen LogP contribution in [0.3, 0.4) is 0 Å². The first-order valence-electron chi connectivity index (χ1n) is 11.3. The number of aromatic amines is 1. The van der Waals surface area contributed by atoms with Crippen LogP contribution in [-0.4, -0.2) is 29.2 Å². The summed E-state index contributed by atoms with van der Waals surface area (Å²) in [6.45, 7) is 4.82. The minimum Gasteiger partial charge on any atom is -0.339 e. The van der Waals surface area contributed by atoms with Gasteiger partial charge in [0, 0.05) is 25.4 Å². The molecule has 3 aromatic heterocycles. The summed E-state index contributed by atoms with van der Waals surface area (Å²) in [6.07, 6.45) is 3.77. The van der Waals surface area contributed by atoms with Gasteiger partial charge in [0.2, 0.25) is 11.2 Å². The SMILES string of the molecule is CCCCCn1c(=O)n(CCCc2nc(C(C)c3ccccc3)no2)c(=O)c2[nH]c(Cl)nc21. The van der Waals surface area contributed by atoms with Crippen LogP contribution in [0, 0.1) is 0 Å². The highest BCUT2D eigenvalue weighted by atomic mass is 35.5. The molecule has 1 atom stereocenters. The monoisotopic (exact) mass is 470 g/mol. The maximum atomic E-state index is 13.1. The van der Waals surface area contributed by atoms with Crippen molar-refractivity contribution in [2.45, 2.75) is 65.0 Å². The van der Waals surface area contributed by atoms with Crippen molar-refractivity contribution in [1.82, 2.24) is 29.2 Å². The quantitative estimate of drug-likeness (QED) is 0.278. The molecule has 33 heavy (non-hydrogen) atoms. The van der Waals surface area contributed by atoms with Gasteiger partial charge < -0.3 is 9.51 Å². The normalized spacial score (nSPS) is 12.5. The maximum absolute atomic E-state index is 13.1. The van der Waals surface area contributed by atoms with Crippen molar-refractivity contribution in [2.75, 3.05) is 0 Å². The molecule has 0 fully saturated rings. The zero-order valence-electron chi connectivity index (χ0n) is 18.8. The van der Waals surface area contributed by atoms with Gasteiger partial charge in [-0.2, -0.15) is 9.97 Å². The van der Waals surface area contributed by atoms with E-state index in [9.17, 15) is 9.59 Å². The second-order valence-corrected chi connectivity index (χ2v) is 8.46. The fourth-order valence-corrected chi connectivity index (χ4v) is 4.06. The highest BCUT2D eigenvalue weighted by molar-refractivity contribution is 6.28. The van der Waals surface area contributed by atoms with Gasteiger partial charge in [-0.3, -0.25) is 13.9 Å². The van der Waals surface area contributed by atoms with E-state index in [-0.39, 0.29) is 29.0 Å². The van der Waals surface area contributed by atoms with Crippen molar-refractivity contribution >= 4 is 22.8 Å². The minimum absolute atomic E-state index is 0.00850. The Morgan fingerprint density at radius 2 is 1.82 bits per heavy atom. The van der Waals surface area contributed by atoms with Crippen LogP contribution < -0.4 is 11.2 Å². The predicted molar refractivity (Wildman–Crippen MR) is 126 cm³/mol. The molecular weight excluding hydrogens is 444 g/mol. The molecule has 1 unspecified atom stereocenters. The van der Waals surface area contributed by atoms with Gasteiger partial charge in [-0.15, -0.1) is 0 Å². The van der Waals surface area contributed by atoms with Gasteiger partial charge in [-0.1, -0.05) is 62.2 Å². The number of aryl methyl sites for hydroxylation is 2. The van der Waals surface area contributed by atoms with Crippen molar-refractivity contribution in [3.63, 3.8) is 0 Å². The molecule has 4 aromatic rings. The lowest BCUT2D eigenvalue weighted by Crippen LogP contribution is -2.40. The molecule has 4 rings (SSSR count). The number of H-pyrrole nitrogens is 1. The van der Waals surface area contributed by atoms with Gasteiger partial charge in [-0.25, -0.2) is 4.79 Å². The Kier molecular flexibility index (Phi) is 7.08. The molecule has 9 nitrogen and oxygen atoms in total. The molecule has 0 spiro atoms. The topological polar surface area (TPSA) is 112 Å². The number of halogens is 1. The van der Waals surface area contributed by atoms with Gasteiger partial charge in [-0.05, 0) is 30.0 Å². The molecule has 0 saturated heterocycles. The largest absolute Gasteiger partial charge is 0.339 e. The standard InChI is InChI=1S/C23H27ClN6O3/c1-3-4-8-13-29-20-18(26-22(24)27-20)21(31)30(23(29)32)14-9-12-17-25-19(28-33-17)15(2)16-10-6-5-7-11-16/h5-7,10-11,15H,3-4,8-9,12-14H2,1-2H3,(H,26,27). The summed E-state index contributed by atoms with van der Waals surface area (Å²) in [7, 11) is 0. The number of benzene rings is 1. The molecule has 0 aliphatic carbocycles. The van der Waals surface area contributed by atoms with Gasteiger partial charge in [0.1, 0.15) is 0 Å². The zero-order chi connectivity index (χ0) is 23.4. The van der Waals surface area contributed by atoms with Crippen molar-refractivity contribution in [3.8, 4) is 0 Å². The maximum Gasteiger partial charge on any atom is 0.332 e. The Balaban J connectivity index is 1.50. The first kappa shape index (κ1) is 23.0. The number of nitrogens with zero attached hydrogens (tertiary/aromatic N) is 5. The number of fused-ring (bicyclic) bond motifs is 1. The molecule has 3 heterocycles. The molecule has 0 aliphatic heterocycles. The lowest BCUT2D eigenvalue weighted by Gasteiger charge is -2.10. The molecular formula is C23H27ClN6O3. The molecule has 10 heteroatoms. The van der Waals surface area contributed by atoms with E-state index in [1.807, 2.05) is 37.3 Å². The van der Waals surface area contributed by atoms with E-state index in [0.717, 1.165) is 24.8 Å². The molecule has 174 valence electrons. The number of nitrogens with one attached hydrogen (secondary N) is 1. The average molecular weight is 471 g/mol. The van der Waals surface area contributed by atoms with Crippen LogP contribution in [0.15, 0.2) is 44.4 Å². The molecule has 0 amide bonds. The van der Waals surface area contributed by atoms with Crippen LogP contribution in [0.1, 0.15) is 62.7 Å². The van der Waals surface area contributed by atoms with E-state index in [1.54, 1.807) is 0 Å². The second-order valence-electron chi connectivity index (χ2n) is 8.11. The number of hydrogen-bond donors (Lipinski definition) is 1. The average Bonchev–Trinajstić information content (AvgIpc) is 3.45. The van der Waals surface area contributed by atoms with E-state index in [4.69, 9.17) is 16.1 Å².